The van der Waals surface area contributed by atoms with Gasteiger partial charge in [-0.1, -0.05) is 25.3 Å². The molecular weight excluding hydrogens is 258 g/mol. The number of rotatable bonds is 4. The summed E-state index contributed by atoms with van der Waals surface area (Å²) in [6, 6.07) is -0.480. The van der Waals surface area contributed by atoms with Crippen LogP contribution in [0.25, 0.3) is 0 Å². The summed E-state index contributed by atoms with van der Waals surface area (Å²) in [5.41, 5.74) is -1.59. The zero-order chi connectivity index (χ0) is 14.8. The van der Waals surface area contributed by atoms with Crippen LogP contribution < -0.4 is 5.32 Å². The number of aliphatic carboxylic acids is 1. The van der Waals surface area contributed by atoms with Crippen molar-refractivity contribution >= 4 is 11.9 Å². The summed E-state index contributed by atoms with van der Waals surface area (Å²) < 4.78 is 5.27. The van der Waals surface area contributed by atoms with E-state index in [1.807, 2.05) is 0 Å². The van der Waals surface area contributed by atoms with Gasteiger partial charge in [0.1, 0.15) is 5.41 Å². The molecule has 0 aromatic rings. The van der Waals surface area contributed by atoms with E-state index in [4.69, 9.17) is 4.74 Å². The molecule has 0 bridgehead atoms. The summed E-state index contributed by atoms with van der Waals surface area (Å²) in [6.07, 6.45) is 6.48. The fourth-order valence-electron chi connectivity index (χ4n) is 3.09. The van der Waals surface area contributed by atoms with Gasteiger partial charge in [0, 0.05) is 0 Å². The third-order valence-corrected chi connectivity index (χ3v) is 4.84. The Morgan fingerprint density at radius 1 is 1.35 bits per heavy atom. The van der Waals surface area contributed by atoms with E-state index in [1.165, 1.54) is 0 Å². The number of hydrogen-bond donors (Lipinski definition) is 2. The smallest absolute Gasteiger partial charge is 0.313 e. The molecule has 5 nitrogen and oxygen atoms in total. The molecule has 2 rings (SSSR count). The number of nitrogens with one attached hydrogen (secondary N) is 1. The van der Waals surface area contributed by atoms with Gasteiger partial charge in [-0.15, -0.1) is 6.58 Å². The van der Waals surface area contributed by atoms with Crippen molar-refractivity contribution in [3.05, 3.63) is 12.7 Å². The predicted octanol–water partition coefficient (Wildman–Crippen LogP) is 1.73. The molecule has 2 N–H and O–H groups in total. The predicted molar refractivity (Wildman–Crippen MR) is 74.2 cm³/mol. The van der Waals surface area contributed by atoms with Crippen molar-refractivity contribution in [2.24, 2.45) is 10.8 Å². The molecule has 0 spiro atoms. The second-order valence-corrected chi connectivity index (χ2v) is 6.18. The van der Waals surface area contributed by atoms with Crippen molar-refractivity contribution in [2.75, 3.05) is 13.2 Å². The first-order chi connectivity index (χ1) is 9.44. The van der Waals surface area contributed by atoms with E-state index >= 15 is 0 Å². The summed E-state index contributed by atoms with van der Waals surface area (Å²) in [5, 5.41) is 12.2. The number of carbonyl (C=O) groups excluding carboxylic acids is 1. The zero-order valence-electron chi connectivity index (χ0n) is 12.0. The fraction of sp³-hybridized carbons (Fsp3) is 0.733. The highest BCUT2D eigenvalue weighted by Gasteiger charge is 2.49. The third kappa shape index (κ3) is 2.46. The van der Waals surface area contributed by atoms with Gasteiger partial charge in [-0.3, -0.25) is 9.59 Å². The van der Waals surface area contributed by atoms with E-state index in [9.17, 15) is 14.7 Å². The highest BCUT2D eigenvalue weighted by Crippen LogP contribution is 2.38. The molecule has 2 atom stereocenters. The molecule has 5 heteroatoms. The molecule has 20 heavy (non-hydrogen) atoms. The summed E-state index contributed by atoms with van der Waals surface area (Å²) in [7, 11) is 0. The molecule has 1 saturated heterocycles. The molecule has 2 fully saturated rings. The molecule has 0 aromatic heterocycles. The Morgan fingerprint density at radius 3 is 2.55 bits per heavy atom. The molecule has 1 heterocycles. The normalized spacial score (nSPS) is 32.5. The minimum absolute atomic E-state index is 0.102. The van der Waals surface area contributed by atoms with Crippen LogP contribution in [0.15, 0.2) is 12.7 Å². The standard InChI is InChI=1S/C15H23NO4/c1-3-15(7-5-4-6-8-15)12(17)16-11-9-20-10-14(11,2)13(18)19/h3,11H,1,4-10H2,2H3,(H,16,17)(H,18,19). The van der Waals surface area contributed by atoms with Crippen LogP contribution in [0.5, 0.6) is 0 Å². The van der Waals surface area contributed by atoms with Crippen LogP contribution in [0, 0.1) is 10.8 Å². The van der Waals surface area contributed by atoms with Gasteiger partial charge in [-0.2, -0.15) is 0 Å². The van der Waals surface area contributed by atoms with Crippen LogP contribution in [-0.4, -0.2) is 36.2 Å². The zero-order valence-corrected chi connectivity index (χ0v) is 12.0. The largest absolute Gasteiger partial charge is 0.481 e. The van der Waals surface area contributed by atoms with Gasteiger partial charge in [0.15, 0.2) is 0 Å². The third-order valence-electron chi connectivity index (χ3n) is 4.84. The highest BCUT2D eigenvalue weighted by atomic mass is 16.5. The molecule has 2 aliphatic rings. The Balaban J connectivity index is 2.10. The maximum absolute atomic E-state index is 12.6. The number of ether oxygens (including phenoxy) is 1. The van der Waals surface area contributed by atoms with E-state index in [-0.39, 0.29) is 19.1 Å². The fourth-order valence-corrected chi connectivity index (χ4v) is 3.09. The summed E-state index contributed by atoms with van der Waals surface area (Å²) in [4.78, 5) is 24.0. The van der Waals surface area contributed by atoms with Crippen LogP contribution in [-0.2, 0) is 14.3 Å². The maximum atomic E-state index is 12.6. The first-order valence-electron chi connectivity index (χ1n) is 7.20. The van der Waals surface area contributed by atoms with Gasteiger partial charge >= 0.3 is 5.97 Å². The van der Waals surface area contributed by atoms with Gasteiger partial charge in [-0.25, -0.2) is 0 Å². The lowest BCUT2D eigenvalue weighted by Crippen LogP contribution is -2.53. The molecule has 0 radical (unpaired) electrons. The van der Waals surface area contributed by atoms with Crippen LogP contribution in [0.1, 0.15) is 39.0 Å². The summed E-state index contributed by atoms with van der Waals surface area (Å²) in [5.74, 6) is -1.04. The molecule has 0 aromatic carbocycles. The van der Waals surface area contributed by atoms with E-state index in [0.717, 1.165) is 32.1 Å². The van der Waals surface area contributed by atoms with Gasteiger partial charge in [-0.05, 0) is 19.8 Å². The summed E-state index contributed by atoms with van der Waals surface area (Å²) >= 11 is 0. The minimum Gasteiger partial charge on any atom is -0.481 e. The SMILES string of the molecule is C=CC1(C(=O)NC2COCC2(C)C(=O)O)CCCCC1. The average molecular weight is 281 g/mol. The highest BCUT2D eigenvalue weighted by molar-refractivity contribution is 5.86. The van der Waals surface area contributed by atoms with E-state index in [2.05, 4.69) is 11.9 Å². The molecule has 1 aliphatic heterocycles. The number of amides is 1. The molecule has 2 unspecified atom stereocenters. The van der Waals surface area contributed by atoms with Gasteiger partial charge in [0.25, 0.3) is 0 Å². The van der Waals surface area contributed by atoms with Crippen molar-refractivity contribution in [3.63, 3.8) is 0 Å². The van der Waals surface area contributed by atoms with Crippen LogP contribution in [0.4, 0.5) is 0 Å². The molecule has 1 saturated carbocycles. The van der Waals surface area contributed by atoms with Gasteiger partial charge in [0.2, 0.25) is 5.91 Å². The average Bonchev–Trinajstić information content (AvgIpc) is 2.82. The van der Waals surface area contributed by atoms with E-state index < -0.39 is 22.8 Å². The number of carboxylic acids is 1. The topological polar surface area (TPSA) is 75.6 Å². The van der Waals surface area contributed by atoms with Crippen molar-refractivity contribution in [1.29, 1.82) is 0 Å². The maximum Gasteiger partial charge on any atom is 0.313 e. The van der Waals surface area contributed by atoms with Crippen molar-refractivity contribution in [2.45, 2.75) is 45.1 Å². The number of carboxylic acid groups (broad SMARTS) is 1. The quantitative estimate of drug-likeness (QED) is 0.769. The Bertz CT molecular complexity index is 414. The first kappa shape index (κ1) is 15.0. The Morgan fingerprint density at radius 2 is 2.00 bits per heavy atom. The summed E-state index contributed by atoms with van der Waals surface area (Å²) in [6.45, 7) is 5.82. The van der Waals surface area contributed by atoms with Crippen LogP contribution in [0.3, 0.4) is 0 Å². The lowest BCUT2D eigenvalue weighted by Gasteiger charge is -2.35. The minimum atomic E-state index is -1.05. The molecule has 112 valence electrons. The molecule has 1 amide bonds. The van der Waals surface area contributed by atoms with Crippen molar-refractivity contribution < 1.29 is 19.4 Å². The second-order valence-electron chi connectivity index (χ2n) is 6.18. The Kier molecular flexibility index (Phi) is 4.18. The van der Waals surface area contributed by atoms with Gasteiger partial charge in [0.05, 0.1) is 24.7 Å². The van der Waals surface area contributed by atoms with Crippen molar-refractivity contribution in [3.8, 4) is 0 Å². The van der Waals surface area contributed by atoms with Crippen LogP contribution >= 0.6 is 0 Å². The van der Waals surface area contributed by atoms with E-state index in [1.54, 1.807) is 13.0 Å². The Labute approximate surface area is 119 Å². The lowest BCUT2D eigenvalue weighted by atomic mass is 9.73. The van der Waals surface area contributed by atoms with E-state index in [0.29, 0.717) is 0 Å². The second kappa shape index (κ2) is 5.56. The van der Waals surface area contributed by atoms with Gasteiger partial charge < -0.3 is 15.2 Å². The Hall–Kier alpha value is -1.36. The van der Waals surface area contributed by atoms with Crippen molar-refractivity contribution in [1.82, 2.24) is 5.32 Å². The lowest BCUT2D eigenvalue weighted by molar-refractivity contribution is -0.149. The first-order valence-corrected chi connectivity index (χ1v) is 7.20. The van der Waals surface area contributed by atoms with Crippen LogP contribution in [0.2, 0.25) is 0 Å². The molecular formula is C15H23NO4. The number of carbonyl (C=O) groups is 2. The number of hydrogen-bond acceptors (Lipinski definition) is 3. The molecule has 1 aliphatic carbocycles. The monoisotopic (exact) mass is 281 g/mol.